The second-order valence-corrected chi connectivity index (χ2v) is 5.32. The molecule has 1 aliphatic heterocycles. The molecule has 1 aromatic carbocycles. The van der Waals surface area contributed by atoms with Crippen LogP contribution >= 0.6 is 0 Å². The topological polar surface area (TPSA) is 38.7 Å². The molecule has 20 heavy (non-hydrogen) atoms. The minimum atomic E-state index is -0.106. The van der Waals surface area contributed by atoms with Crippen molar-refractivity contribution in [2.75, 3.05) is 6.61 Å². The summed E-state index contributed by atoms with van der Waals surface area (Å²) in [4.78, 5) is 0. The molecule has 3 nitrogen and oxygen atoms in total. The molecule has 1 N–H and O–H groups in total. The van der Waals surface area contributed by atoms with Gasteiger partial charge >= 0.3 is 0 Å². The third kappa shape index (κ3) is 4.64. The summed E-state index contributed by atoms with van der Waals surface area (Å²) >= 11 is 0. The maximum Gasteiger partial charge on any atom is 0.104 e. The molecule has 1 aromatic rings. The van der Waals surface area contributed by atoms with Crippen LogP contribution in [0.3, 0.4) is 0 Å². The second-order valence-electron chi connectivity index (χ2n) is 5.32. The van der Waals surface area contributed by atoms with Crippen molar-refractivity contribution in [1.29, 1.82) is 0 Å². The molecule has 1 fully saturated rings. The summed E-state index contributed by atoms with van der Waals surface area (Å²) < 4.78 is 11.7. The molecule has 0 bridgehead atoms. The Balaban J connectivity index is 1.84. The first-order valence-corrected chi connectivity index (χ1v) is 7.13. The van der Waals surface area contributed by atoms with E-state index in [2.05, 4.69) is 25.7 Å². The molecule has 2 rings (SSSR count). The number of hydrogen-bond donors (Lipinski definition) is 1. The van der Waals surface area contributed by atoms with Gasteiger partial charge in [-0.05, 0) is 44.4 Å². The van der Waals surface area contributed by atoms with Crippen LogP contribution in [0.5, 0.6) is 0 Å². The van der Waals surface area contributed by atoms with Gasteiger partial charge in [0.05, 0.1) is 24.9 Å². The van der Waals surface area contributed by atoms with Gasteiger partial charge in [-0.2, -0.15) is 0 Å². The Morgan fingerprint density at radius 3 is 2.45 bits per heavy atom. The molecule has 2 atom stereocenters. The van der Waals surface area contributed by atoms with Crippen LogP contribution in [0.2, 0.25) is 0 Å². The standard InChI is InChI=1S/C17H22O3/c1-13-10-17(11-14(2)20-13)19-12-16-7-5-15(6-8-16)4-3-9-18/h5-8,13-14,17-18H,9-12H2,1-2H3. The maximum atomic E-state index is 8.65. The molecule has 0 amide bonds. The van der Waals surface area contributed by atoms with Gasteiger partial charge in [-0.3, -0.25) is 0 Å². The molecular formula is C17H22O3. The average molecular weight is 274 g/mol. The van der Waals surface area contributed by atoms with E-state index in [1.807, 2.05) is 24.3 Å². The van der Waals surface area contributed by atoms with Crippen molar-refractivity contribution in [2.45, 2.75) is 51.6 Å². The van der Waals surface area contributed by atoms with Crippen LogP contribution in [0.15, 0.2) is 24.3 Å². The van der Waals surface area contributed by atoms with Crippen molar-refractivity contribution in [2.24, 2.45) is 0 Å². The lowest BCUT2D eigenvalue weighted by atomic mass is 10.0. The van der Waals surface area contributed by atoms with Crippen molar-refractivity contribution in [3.8, 4) is 11.8 Å². The fourth-order valence-electron chi connectivity index (χ4n) is 2.52. The van der Waals surface area contributed by atoms with E-state index in [9.17, 15) is 0 Å². The first-order chi connectivity index (χ1) is 9.67. The molecule has 3 heteroatoms. The van der Waals surface area contributed by atoms with Crippen molar-refractivity contribution >= 4 is 0 Å². The Morgan fingerprint density at radius 2 is 1.85 bits per heavy atom. The van der Waals surface area contributed by atoms with Crippen LogP contribution in [0, 0.1) is 11.8 Å². The van der Waals surface area contributed by atoms with E-state index in [1.54, 1.807) is 0 Å². The van der Waals surface area contributed by atoms with Crippen molar-refractivity contribution in [3.05, 3.63) is 35.4 Å². The largest absolute Gasteiger partial charge is 0.384 e. The fraction of sp³-hybridized carbons (Fsp3) is 0.529. The number of benzene rings is 1. The number of rotatable bonds is 3. The third-order valence-corrected chi connectivity index (χ3v) is 3.41. The van der Waals surface area contributed by atoms with Gasteiger partial charge < -0.3 is 14.6 Å². The van der Waals surface area contributed by atoms with E-state index in [0.29, 0.717) is 6.61 Å². The molecule has 1 heterocycles. The van der Waals surface area contributed by atoms with E-state index in [0.717, 1.165) is 24.0 Å². The molecule has 1 aliphatic rings. The lowest BCUT2D eigenvalue weighted by Gasteiger charge is -2.32. The number of aliphatic hydroxyl groups is 1. The number of aliphatic hydroxyl groups excluding tert-OH is 1. The first kappa shape index (κ1) is 15.1. The van der Waals surface area contributed by atoms with Crippen molar-refractivity contribution in [1.82, 2.24) is 0 Å². The Hall–Kier alpha value is -1.34. The molecular weight excluding hydrogens is 252 g/mol. The normalized spacial score (nSPS) is 25.9. The van der Waals surface area contributed by atoms with E-state index < -0.39 is 0 Å². The summed E-state index contributed by atoms with van der Waals surface area (Å²) in [7, 11) is 0. The number of hydrogen-bond acceptors (Lipinski definition) is 3. The zero-order chi connectivity index (χ0) is 14.4. The monoisotopic (exact) mass is 274 g/mol. The van der Waals surface area contributed by atoms with Crippen LogP contribution in [0.4, 0.5) is 0 Å². The first-order valence-electron chi connectivity index (χ1n) is 7.13. The molecule has 1 saturated heterocycles. The summed E-state index contributed by atoms with van der Waals surface area (Å²) in [5.41, 5.74) is 2.06. The summed E-state index contributed by atoms with van der Waals surface area (Å²) in [5, 5.41) is 8.65. The molecule has 0 spiro atoms. The minimum Gasteiger partial charge on any atom is -0.384 e. The fourth-order valence-corrected chi connectivity index (χ4v) is 2.52. The second kappa shape index (κ2) is 7.44. The summed E-state index contributed by atoms with van der Waals surface area (Å²) in [6.45, 7) is 4.71. The quantitative estimate of drug-likeness (QED) is 0.861. The van der Waals surface area contributed by atoms with Gasteiger partial charge in [0.1, 0.15) is 6.61 Å². The summed E-state index contributed by atoms with van der Waals surface area (Å²) in [5.74, 6) is 5.52. The predicted molar refractivity (Wildman–Crippen MR) is 78.2 cm³/mol. The van der Waals surface area contributed by atoms with Gasteiger partial charge in [-0.1, -0.05) is 24.0 Å². The van der Waals surface area contributed by atoms with E-state index in [1.165, 1.54) is 0 Å². The van der Waals surface area contributed by atoms with Crippen LogP contribution in [0.25, 0.3) is 0 Å². The zero-order valence-corrected chi connectivity index (χ0v) is 12.1. The Kier molecular flexibility index (Phi) is 5.60. The van der Waals surface area contributed by atoms with Gasteiger partial charge in [-0.15, -0.1) is 0 Å². The Bertz CT molecular complexity index is 459. The highest BCUT2D eigenvalue weighted by atomic mass is 16.5. The van der Waals surface area contributed by atoms with E-state index >= 15 is 0 Å². The van der Waals surface area contributed by atoms with Gasteiger partial charge in [0.25, 0.3) is 0 Å². The maximum absolute atomic E-state index is 8.65. The Labute approximate surface area is 120 Å². The lowest BCUT2D eigenvalue weighted by Crippen LogP contribution is -2.33. The highest BCUT2D eigenvalue weighted by Crippen LogP contribution is 2.22. The van der Waals surface area contributed by atoms with Gasteiger partial charge in [0.15, 0.2) is 0 Å². The molecule has 0 saturated carbocycles. The van der Waals surface area contributed by atoms with E-state index in [-0.39, 0.29) is 24.9 Å². The average Bonchev–Trinajstić information content (AvgIpc) is 2.43. The SMILES string of the molecule is CC1CC(OCc2ccc(C#CCO)cc2)CC(C)O1. The zero-order valence-electron chi connectivity index (χ0n) is 12.1. The molecule has 0 aromatic heterocycles. The van der Waals surface area contributed by atoms with Crippen molar-refractivity contribution < 1.29 is 14.6 Å². The predicted octanol–water partition coefficient (Wildman–Crippen LogP) is 2.50. The third-order valence-electron chi connectivity index (χ3n) is 3.41. The highest BCUT2D eigenvalue weighted by Gasteiger charge is 2.24. The smallest absolute Gasteiger partial charge is 0.104 e. The molecule has 0 aliphatic carbocycles. The van der Waals surface area contributed by atoms with Gasteiger partial charge in [-0.25, -0.2) is 0 Å². The van der Waals surface area contributed by atoms with Crippen LogP contribution in [-0.2, 0) is 16.1 Å². The minimum absolute atomic E-state index is 0.106. The van der Waals surface area contributed by atoms with Crippen molar-refractivity contribution in [3.63, 3.8) is 0 Å². The summed E-state index contributed by atoms with van der Waals surface area (Å²) in [6, 6.07) is 7.95. The van der Waals surface area contributed by atoms with Gasteiger partial charge in [0.2, 0.25) is 0 Å². The Morgan fingerprint density at radius 1 is 1.20 bits per heavy atom. The summed E-state index contributed by atoms with van der Waals surface area (Å²) in [6.07, 6.45) is 2.76. The van der Waals surface area contributed by atoms with Crippen LogP contribution in [-0.4, -0.2) is 30.0 Å². The number of ether oxygens (including phenoxy) is 2. The van der Waals surface area contributed by atoms with Crippen LogP contribution < -0.4 is 0 Å². The highest BCUT2D eigenvalue weighted by molar-refractivity contribution is 5.36. The van der Waals surface area contributed by atoms with Gasteiger partial charge in [0, 0.05) is 5.56 Å². The molecule has 0 radical (unpaired) electrons. The van der Waals surface area contributed by atoms with Crippen LogP contribution in [0.1, 0.15) is 37.8 Å². The molecule has 108 valence electrons. The van der Waals surface area contributed by atoms with E-state index in [4.69, 9.17) is 14.6 Å². The lowest BCUT2D eigenvalue weighted by molar-refractivity contribution is -0.106. The molecule has 2 unspecified atom stereocenters.